The van der Waals surface area contributed by atoms with E-state index in [9.17, 15) is 0 Å². The van der Waals surface area contributed by atoms with E-state index in [-0.39, 0.29) is 5.95 Å². The van der Waals surface area contributed by atoms with E-state index >= 15 is 0 Å². The van der Waals surface area contributed by atoms with E-state index in [1.807, 2.05) is 24.4 Å². The predicted molar refractivity (Wildman–Crippen MR) is 106 cm³/mol. The molecule has 0 fully saturated rings. The zero-order valence-electron chi connectivity index (χ0n) is 14.8. The third-order valence-corrected chi connectivity index (χ3v) is 3.80. The summed E-state index contributed by atoms with van der Waals surface area (Å²) in [5, 5.41) is 10.7. The third kappa shape index (κ3) is 4.66. The van der Waals surface area contributed by atoms with E-state index in [0.717, 1.165) is 24.7 Å². The molecule has 0 unspecified atom stereocenters. The number of anilines is 3. The van der Waals surface area contributed by atoms with Gasteiger partial charge in [0.25, 0.3) is 5.97 Å². The molecule has 1 aliphatic heterocycles. The Morgan fingerprint density at radius 2 is 1.93 bits per heavy atom. The van der Waals surface area contributed by atoms with E-state index in [0.29, 0.717) is 5.82 Å². The van der Waals surface area contributed by atoms with Gasteiger partial charge in [0.2, 0.25) is 5.95 Å². The van der Waals surface area contributed by atoms with Crippen molar-refractivity contribution in [3.63, 3.8) is 0 Å². The highest BCUT2D eigenvalue weighted by Crippen LogP contribution is 2.33. The molecule has 4 N–H and O–H groups in total. The molecule has 2 heterocycles. The Hall–Kier alpha value is -3.74. The second-order valence-electron chi connectivity index (χ2n) is 5.87. The monoisotopic (exact) mass is 361 g/mol. The van der Waals surface area contributed by atoms with Crippen molar-refractivity contribution >= 4 is 29.6 Å². The number of nitrogen functional groups attached to an aromatic ring is 1. The maximum Gasteiger partial charge on any atom is 0.300 e. The first-order chi connectivity index (χ1) is 13.0. The van der Waals surface area contributed by atoms with Crippen molar-refractivity contribution in [1.82, 2.24) is 9.97 Å². The highest BCUT2D eigenvalue weighted by atomic mass is 16.4. The lowest BCUT2D eigenvalue weighted by Crippen LogP contribution is -2.00. The normalized spacial score (nSPS) is 11.3. The molecule has 0 bridgehead atoms. The van der Waals surface area contributed by atoms with Crippen LogP contribution in [0.1, 0.15) is 18.1 Å². The van der Waals surface area contributed by atoms with Gasteiger partial charge in [-0.25, -0.2) is 4.98 Å². The van der Waals surface area contributed by atoms with Gasteiger partial charge in [0.15, 0.2) is 0 Å². The number of fused-ring (bicyclic) bond motifs is 1. The van der Waals surface area contributed by atoms with Gasteiger partial charge in [-0.15, -0.1) is 0 Å². The SMILES string of the molecule is CC(=O)O.Nc1nccc(Nc2cc3c(c(-c4ccccc4)c2)CN=C3)n1. The molecule has 0 spiro atoms. The number of carboxylic acid groups (broad SMARTS) is 1. The molecule has 1 aromatic heterocycles. The van der Waals surface area contributed by atoms with Gasteiger partial charge in [-0.2, -0.15) is 4.98 Å². The number of hydrogen-bond acceptors (Lipinski definition) is 6. The first kappa shape index (κ1) is 18.1. The van der Waals surface area contributed by atoms with Crippen molar-refractivity contribution in [2.24, 2.45) is 4.99 Å². The van der Waals surface area contributed by atoms with Crippen LogP contribution in [0, 0.1) is 0 Å². The number of hydrogen-bond donors (Lipinski definition) is 3. The van der Waals surface area contributed by atoms with Crippen molar-refractivity contribution in [1.29, 1.82) is 0 Å². The standard InChI is InChI=1S/C18H15N5.C2H4O2/c19-18-21-7-6-17(23-18)22-14-8-13-10-20-11-16(13)15(9-14)12-4-2-1-3-5-12;1-2(3)4/h1-10H,11H2,(H3,19,21,22,23);1H3,(H,3,4). The molecular formula is C20H19N5O2. The Labute approximate surface area is 156 Å². The number of benzene rings is 2. The number of aliphatic carboxylic acids is 1. The summed E-state index contributed by atoms with van der Waals surface area (Å²) in [5.74, 6) is 0.0902. The summed E-state index contributed by atoms with van der Waals surface area (Å²) < 4.78 is 0. The Kier molecular flexibility index (Phi) is 5.41. The number of nitrogens with one attached hydrogen (secondary N) is 1. The maximum atomic E-state index is 9.00. The lowest BCUT2D eigenvalue weighted by Gasteiger charge is -2.13. The molecule has 4 rings (SSSR count). The zero-order chi connectivity index (χ0) is 19.2. The molecule has 136 valence electrons. The van der Waals surface area contributed by atoms with Crippen LogP contribution in [0.15, 0.2) is 59.7 Å². The number of nitrogens with zero attached hydrogens (tertiary/aromatic N) is 3. The minimum atomic E-state index is -0.833. The minimum absolute atomic E-state index is 0.251. The van der Waals surface area contributed by atoms with Crippen LogP contribution >= 0.6 is 0 Å². The number of aromatic nitrogens is 2. The van der Waals surface area contributed by atoms with E-state index in [1.54, 1.807) is 12.3 Å². The lowest BCUT2D eigenvalue weighted by molar-refractivity contribution is -0.134. The first-order valence-corrected chi connectivity index (χ1v) is 8.30. The molecule has 7 heteroatoms. The van der Waals surface area contributed by atoms with Crippen LogP contribution in [0.5, 0.6) is 0 Å². The Morgan fingerprint density at radius 3 is 2.63 bits per heavy atom. The van der Waals surface area contributed by atoms with Gasteiger partial charge in [0, 0.05) is 30.6 Å². The molecule has 0 atom stereocenters. The molecule has 0 aliphatic carbocycles. The van der Waals surface area contributed by atoms with Crippen LogP contribution in [0.25, 0.3) is 11.1 Å². The molecule has 3 aromatic rings. The summed E-state index contributed by atoms with van der Waals surface area (Å²) in [6.45, 7) is 1.81. The van der Waals surface area contributed by atoms with Crippen LogP contribution in [0.2, 0.25) is 0 Å². The number of aliphatic imine (C=N–C) groups is 1. The van der Waals surface area contributed by atoms with Crippen molar-refractivity contribution in [2.45, 2.75) is 13.5 Å². The fourth-order valence-corrected chi connectivity index (χ4v) is 2.76. The number of carboxylic acids is 1. The van der Waals surface area contributed by atoms with Crippen LogP contribution in [-0.2, 0) is 11.3 Å². The molecule has 7 nitrogen and oxygen atoms in total. The van der Waals surface area contributed by atoms with Crippen molar-refractivity contribution in [2.75, 3.05) is 11.1 Å². The third-order valence-electron chi connectivity index (χ3n) is 3.80. The molecule has 27 heavy (non-hydrogen) atoms. The molecule has 0 saturated carbocycles. The fraction of sp³-hybridized carbons (Fsp3) is 0.100. The highest BCUT2D eigenvalue weighted by Gasteiger charge is 2.15. The zero-order valence-corrected chi connectivity index (χ0v) is 14.8. The number of nitrogens with two attached hydrogens (primary N) is 1. The largest absolute Gasteiger partial charge is 0.481 e. The second kappa shape index (κ2) is 8.09. The van der Waals surface area contributed by atoms with E-state index < -0.39 is 5.97 Å². The van der Waals surface area contributed by atoms with Gasteiger partial charge < -0.3 is 16.2 Å². The first-order valence-electron chi connectivity index (χ1n) is 8.30. The van der Waals surface area contributed by atoms with Crippen molar-refractivity contribution in [3.8, 4) is 11.1 Å². The summed E-state index contributed by atoms with van der Waals surface area (Å²) in [4.78, 5) is 21.5. The van der Waals surface area contributed by atoms with E-state index in [1.165, 1.54) is 16.7 Å². The molecule has 0 amide bonds. The van der Waals surface area contributed by atoms with Gasteiger partial charge in [-0.05, 0) is 34.9 Å². The van der Waals surface area contributed by atoms with Gasteiger partial charge in [0.05, 0.1) is 6.54 Å². The minimum Gasteiger partial charge on any atom is -0.481 e. The van der Waals surface area contributed by atoms with E-state index in [4.69, 9.17) is 15.6 Å². The predicted octanol–water partition coefficient (Wildman–Crippen LogP) is 3.49. The summed E-state index contributed by atoms with van der Waals surface area (Å²) in [6.07, 6.45) is 3.55. The number of carbonyl (C=O) groups is 1. The van der Waals surface area contributed by atoms with Crippen molar-refractivity contribution in [3.05, 3.63) is 65.9 Å². The topological polar surface area (TPSA) is 113 Å². The van der Waals surface area contributed by atoms with E-state index in [2.05, 4.69) is 44.5 Å². The molecule has 0 radical (unpaired) electrons. The quantitative estimate of drug-likeness (QED) is 0.658. The molecule has 0 saturated heterocycles. The average molecular weight is 361 g/mol. The summed E-state index contributed by atoms with van der Waals surface area (Å²) >= 11 is 0. The van der Waals surface area contributed by atoms with Crippen LogP contribution < -0.4 is 11.1 Å². The van der Waals surface area contributed by atoms with Gasteiger partial charge >= 0.3 is 0 Å². The van der Waals surface area contributed by atoms with Gasteiger partial charge in [-0.3, -0.25) is 9.79 Å². The Morgan fingerprint density at radius 1 is 1.19 bits per heavy atom. The summed E-state index contributed by atoms with van der Waals surface area (Å²) in [6, 6.07) is 16.3. The smallest absolute Gasteiger partial charge is 0.300 e. The Balaban J connectivity index is 0.000000481. The van der Waals surface area contributed by atoms with Crippen LogP contribution in [0.3, 0.4) is 0 Å². The second-order valence-corrected chi connectivity index (χ2v) is 5.87. The van der Waals surface area contributed by atoms with Crippen molar-refractivity contribution < 1.29 is 9.90 Å². The average Bonchev–Trinajstić information content (AvgIpc) is 3.10. The number of rotatable bonds is 3. The maximum absolute atomic E-state index is 9.00. The van der Waals surface area contributed by atoms with Gasteiger partial charge in [0.1, 0.15) is 5.82 Å². The summed E-state index contributed by atoms with van der Waals surface area (Å²) in [7, 11) is 0. The molecular weight excluding hydrogens is 342 g/mol. The van der Waals surface area contributed by atoms with Crippen LogP contribution in [-0.4, -0.2) is 27.3 Å². The summed E-state index contributed by atoms with van der Waals surface area (Å²) in [5.41, 5.74) is 11.3. The van der Waals surface area contributed by atoms with Gasteiger partial charge in [-0.1, -0.05) is 30.3 Å². The fourth-order valence-electron chi connectivity index (χ4n) is 2.76. The Bertz CT molecular complexity index is 983. The molecule has 1 aliphatic rings. The lowest BCUT2D eigenvalue weighted by atomic mass is 9.96. The highest BCUT2D eigenvalue weighted by molar-refractivity contribution is 5.91. The van der Waals surface area contributed by atoms with Crippen LogP contribution in [0.4, 0.5) is 17.5 Å². The molecule has 2 aromatic carbocycles.